The molecule has 0 bridgehead atoms. The van der Waals surface area contributed by atoms with Crippen molar-refractivity contribution in [3.05, 3.63) is 42.7 Å². The molecule has 2 atom stereocenters. The maximum Gasteiger partial charge on any atom is 0.208 e. The summed E-state index contributed by atoms with van der Waals surface area (Å²) in [6, 6.07) is 10.3. The second-order valence-electron chi connectivity index (χ2n) is 9.64. The Morgan fingerprint density at radius 1 is 1.22 bits per heavy atom. The average Bonchev–Trinajstić information content (AvgIpc) is 3.54. The monoisotopic (exact) mass is 509 g/mol. The maximum atomic E-state index is 14.5. The predicted octanol–water partition coefficient (Wildman–Crippen LogP) is 3.80. The standard InChI is InChI=1S/C25H28FN7O2S/c1-25(34)8-10-32(15-22(25)26)24-31-30-23(36-24)18-14-27-20(13-19(18)29-16-6-11-35-12-7-16)21-5-4-17-3-2-9-28-33(17)21/h2-5,9,13-14,16,22,34H,6-8,10-12,15H2,1H3,(H,27,29)/t22-,25-/m0/s1. The summed E-state index contributed by atoms with van der Waals surface area (Å²) in [6.07, 6.45) is 4.42. The van der Waals surface area contributed by atoms with Crippen LogP contribution >= 0.6 is 11.3 Å². The molecule has 0 spiro atoms. The number of hydrogen-bond acceptors (Lipinski definition) is 9. The summed E-state index contributed by atoms with van der Waals surface area (Å²) in [4.78, 5) is 6.62. The molecule has 0 aliphatic carbocycles. The molecule has 36 heavy (non-hydrogen) atoms. The average molecular weight is 510 g/mol. The lowest BCUT2D eigenvalue weighted by molar-refractivity contribution is -0.0330. The van der Waals surface area contributed by atoms with E-state index in [9.17, 15) is 9.50 Å². The molecule has 9 nitrogen and oxygen atoms in total. The molecule has 11 heteroatoms. The Balaban J connectivity index is 1.34. The minimum absolute atomic E-state index is 0.0975. The Morgan fingerprint density at radius 2 is 2.08 bits per heavy atom. The van der Waals surface area contributed by atoms with Gasteiger partial charge in [0.05, 0.1) is 34.6 Å². The first-order valence-corrected chi connectivity index (χ1v) is 13.0. The largest absolute Gasteiger partial charge is 0.387 e. The van der Waals surface area contributed by atoms with Crippen LogP contribution in [-0.2, 0) is 4.74 Å². The number of ether oxygens (including phenoxy) is 1. The third-order valence-corrected chi connectivity index (χ3v) is 8.04. The molecule has 6 rings (SSSR count). The number of piperidine rings is 1. The van der Waals surface area contributed by atoms with Crippen LogP contribution in [0.2, 0.25) is 0 Å². The maximum absolute atomic E-state index is 14.5. The van der Waals surface area contributed by atoms with Crippen LogP contribution in [0.5, 0.6) is 0 Å². The molecule has 2 N–H and O–H groups in total. The smallest absolute Gasteiger partial charge is 0.208 e. The van der Waals surface area contributed by atoms with Gasteiger partial charge in [-0.3, -0.25) is 4.98 Å². The Morgan fingerprint density at radius 3 is 2.92 bits per heavy atom. The number of nitrogens with zero attached hydrogens (tertiary/aromatic N) is 6. The van der Waals surface area contributed by atoms with E-state index < -0.39 is 11.8 Å². The summed E-state index contributed by atoms with van der Waals surface area (Å²) in [5.41, 5.74) is 3.17. The lowest BCUT2D eigenvalue weighted by atomic mass is 9.92. The van der Waals surface area contributed by atoms with Gasteiger partial charge in [0.2, 0.25) is 5.13 Å². The Kier molecular flexibility index (Phi) is 6.06. The number of aromatic nitrogens is 5. The Hall–Kier alpha value is -3.15. The van der Waals surface area contributed by atoms with E-state index in [-0.39, 0.29) is 12.6 Å². The van der Waals surface area contributed by atoms with E-state index in [1.165, 1.54) is 11.3 Å². The van der Waals surface area contributed by atoms with E-state index >= 15 is 0 Å². The van der Waals surface area contributed by atoms with Crippen molar-refractivity contribution in [3.8, 4) is 22.0 Å². The van der Waals surface area contributed by atoms with Crippen molar-refractivity contribution in [1.82, 2.24) is 24.8 Å². The quantitative estimate of drug-likeness (QED) is 0.419. The highest BCUT2D eigenvalue weighted by atomic mass is 32.1. The van der Waals surface area contributed by atoms with Crippen molar-refractivity contribution in [2.45, 2.75) is 44.0 Å². The fraction of sp³-hybridized carbons (Fsp3) is 0.440. The van der Waals surface area contributed by atoms with Gasteiger partial charge in [-0.25, -0.2) is 8.91 Å². The first-order chi connectivity index (χ1) is 17.5. The van der Waals surface area contributed by atoms with Gasteiger partial charge < -0.3 is 20.1 Å². The molecule has 188 valence electrons. The second kappa shape index (κ2) is 9.38. The number of pyridine rings is 1. The van der Waals surface area contributed by atoms with Crippen molar-refractivity contribution in [3.63, 3.8) is 0 Å². The van der Waals surface area contributed by atoms with Gasteiger partial charge in [-0.1, -0.05) is 11.3 Å². The van der Waals surface area contributed by atoms with Crippen LogP contribution in [0.25, 0.3) is 27.5 Å². The molecule has 2 aliphatic heterocycles. The molecule has 0 amide bonds. The zero-order chi connectivity index (χ0) is 24.7. The van der Waals surface area contributed by atoms with Crippen LogP contribution in [0.15, 0.2) is 42.7 Å². The molecule has 6 heterocycles. The molecule has 0 unspecified atom stereocenters. The van der Waals surface area contributed by atoms with Gasteiger partial charge in [-0.15, -0.1) is 10.2 Å². The van der Waals surface area contributed by atoms with E-state index in [1.807, 2.05) is 45.9 Å². The fourth-order valence-electron chi connectivity index (χ4n) is 4.71. The highest BCUT2D eigenvalue weighted by Gasteiger charge is 2.39. The number of rotatable bonds is 5. The summed E-state index contributed by atoms with van der Waals surface area (Å²) < 4.78 is 21.9. The number of anilines is 2. The SMILES string of the molecule is C[C@]1(O)CCN(c2nnc(-c3cnc(-c4ccc5cccnn45)cc3NC3CCOCC3)s2)C[C@@H]1F. The van der Waals surface area contributed by atoms with Crippen LogP contribution in [0.1, 0.15) is 26.2 Å². The van der Waals surface area contributed by atoms with E-state index in [1.54, 1.807) is 13.1 Å². The number of fused-ring (bicyclic) bond motifs is 1. The summed E-state index contributed by atoms with van der Waals surface area (Å²) in [5.74, 6) is 0. The van der Waals surface area contributed by atoms with E-state index in [4.69, 9.17) is 9.72 Å². The molecule has 0 saturated carbocycles. The van der Waals surface area contributed by atoms with Gasteiger partial charge >= 0.3 is 0 Å². The lowest BCUT2D eigenvalue weighted by Crippen LogP contribution is -2.51. The molecular formula is C25H28FN7O2S. The van der Waals surface area contributed by atoms with Crippen molar-refractivity contribution in [2.75, 3.05) is 36.5 Å². The first kappa shape index (κ1) is 23.3. The first-order valence-electron chi connectivity index (χ1n) is 12.2. The number of hydrogen-bond donors (Lipinski definition) is 2. The normalized spacial score (nSPS) is 23.3. The van der Waals surface area contributed by atoms with Gasteiger partial charge in [0, 0.05) is 43.9 Å². The van der Waals surface area contributed by atoms with Gasteiger partial charge in [0.15, 0.2) is 5.01 Å². The lowest BCUT2D eigenvalue weighted by Gasteiger charge is -2.38. The van der Waals surface area contributed by atoms with Crippen molar-refractivity contribution in [1.29, 1.82) is 0 Å². The van der Waals surface area contributed by atoms with E-state index in [2.05, 4.69) is 20.6 Å². The van der Waals surface area contributed by atoms with Gasteiger partial charge in [-0.2, -0.15) is 5.10 Å². The number of aliphatic hydroxyl groups is 1. The second-order valence-corrected chi connectivity index (χ2v) is 10.6. The van der Waals surface area contributed by atoms with Crippen molar-refractivity contribution in [2.24, 2.45) is 0 Å². The minimum atomic E-state index is -1.34. The van der Waals surface area contributed by atoms with Gasteiger partial charge in [-0.05, 0) is 56.5 Å². The summed E-state index contributed by atoms with van der Waals surface area (Å²) in [5, 5.41) is 28.5. The number of nitrogens with one attached hydrogen (secondary N) is 1. The van der Waals surface area contributed by atoms with Crippen molar-refractivity contribution < 1.29 is 14.2 Å². The topological polar surface area (TPSA) is 101 Å². The Bertz CT molecular complexity index is 1370. The van der Waals surface area contributed by atoms with Gasteiger partial charge in [0.25, 0.3) is 0 Å². The molecule has 0 radical (unpaired) electrons. The van der Waals surface area contributed by atoms with Crippen LogP contribution in [0.4, 0.5) is 15.2 Å². The summed E-state index contributed by atoms with van der Waals surface area (Å²) >= 11 is 1.41. The highest BCUT2D eigenvalue weighted by Crippen LogP contribution is 2.37. The van der Waals surface area contributed by atoms with Crippen LogP contribution in [-0.4, -0.2) is 74.0 Å². The summed E-state index contributed by atoms with van der Waals surface area (Å²) in [7, 11) is 0. The fourth-order valence-corrected chi connectivity index (χ4v) is 5.62. The Labute approximate surface area is 212 Å². The third-order valence-electron chi connectivity index (χ3n) is 7.03. The number of alkyl halides is 1. The third kappa shape index (κ3) is 4.42. The van der Waals surface area contributed by atoms with Crippen LogP contribution in [0, 0.1) is 0 Å². The van der Waals surface area contributed by atoms with E-state index in [0.29, 0.717) is 23.1 Å². The zero-order valence-electron chi connectivity index (χ0n) is 20.0. The molecule has 2 fully saturated rings. The molecule has 2 aliphatic rings. The summed E-state index contributed by atoms with van der Waals surface area (Å²) in [6.45, 7) is 3.63. The zero-order valence-corrected chi connectivity index (χ0v) is 20.8. The van der Waals surface area contributed by atoms with Crippen LogP contribution < -0.4 is 10.2 Å². The van der Waals surface area contributed by atoms with Gasteiger partial charge in [0.1, 0.15) is 6.17 Å². The van der Waals surface area contributed by atoms with Crippen molar-refractivity contribution >= 4 is 27.7 Å². The minimum Gasteiger partial charge on any atom is -0.387 e. The highest BCUT2D eigenvalue weighted by molar-refractivity contribution is 7.18. The molecule has 4 aromatic heterocycles. The van der Waals surface area contributed by atoms with Crippen LogP contribution in [0.3, 0.4) is 0 Å². The molecule has 4 aromatic rings. The molecular weight excluding hydrogens is 481 g/mol. The number of halogens is 1. The van der Waals surface area contributed by atoms with E-state index in [0.717, 1.165) is 54.2 Å². The molecule has 2 saturated heterocycles. The predicted molar refractivity (Wildman–Crippen MR) is 137 cm³/mol. The molecule has 0 aromatic carbocycles.